The van der Waals surface area contributed by atoms with Crippen LogP contribution < -0.4 is 0 Å². The van der Waals surface area contributed by atoms with E-state index in [0.717, 1.165) is 56.3 Å². The zero-order valence-electron chi connectivity index (χ0n) is 35.4. The van der Waals surface area contributed by atoms with Gasteiger partial charge in [0.1, 0.15) is 22.9 Å². The summed E-state index contributed by atoms with van der Waals surface area (Å²) in [6.45, 7) is 24.5. The Morgan fingerprint density at radius 2 is 1.36 bits per heavy atom. The number of nitrogens with zero attached hydrogens (tertiary/aromatic N) is 4. The van der Waals surface area contributed by atoms with Crippen molar-refractivity contribution in [1.82, 2.24) is 14.1 Å². The van der Waals surface area contributed by atoms with Crippen LogP contribution >= 0.6 is 0 Å². The molecule has 0 saturated carbocycles. The second-order valence-corrected chi connectivity index (χ2v) is 18.6. The van der Waals surface area contributed by atoms with Crippen LogP contribution in [0.25, 0.3) is 55.1 Å². The van der Waals surface area contributed by atoms with E-state index in [1.165, 1.54) is 55.3 Å². The fraction of sp³-hybridized carbons (Fsp3) is 0.308. The van der Waals surface area contributed by atoms with Crippen LogP contribution in [0.15, 0.2) is 90.1 Å². The number of aliphatic imine (C=N–C) groups is 1. The van der Waals surface area contributed by atoms with E-state index in [2.05, 4.69) is 176 Å². The SMILES string of the molecule is Cc1ccc2c(c1)c1cc3c4cc(C)ccc4n(-c4cc(C(C)(C)C)ccn4)c3[c-]c1n2-c1[c-]c(C2=N[C@]3(C)c4cc(C)c(C)cc4C[C@]3(C)O2)cc(C(C)C)c1.[Pt+2]. The summed E-state index contributed by atoms with van der Waals surface area (Å²) >= 11 is 0. The summed E-state index contributed by atoms with van der Waals surface area (Å²) in [6.07, 6.45) is 2.76. The van der Waals surface area contributed by atoms with Gasteiger partial charge in [0.2, 0.25) is 0 Å². The van der Waals surface area contributed by atoms with Gasteiger partial charge >= 0.3 is 21.1 Å². The zero-order chi connectivity index (χ0) is 39.9. The molecule has 2 aliphatic rings. The Morgan fingerprint density at radius 1 is 0.724 bits per heavy atom. The molecule has 0 amide bonds. The van der Waals surface area contributed by atoms with Gasteiger partial charge in [-0.1, -0.05) is 98.7 Å². The molecule has 294 valence electrons. The summed E-state index contributed by atoms with van der Waals surface area (Å²) < 4.78 is 11.7. The average Bonchev–Trinajstić information content (AvgIpc) is 3.80. The molecule has 0 N–H and O–H groups in total. The molecule has 5 aromatic carbocycles. The van der Waals surface area contributed by atoms with E-state index in [1.54, 1.807) is 0 Å². The standard InChI is InChI=1S/C52H50N4O.Pt/c1-29(2)34-22-35(49-54-52(11)43-21-33(6)32(5)20-36(43)28-51(52,10)57-49)24-38(23-34)55-44-14-12-30(3)18-39(44)41-26-42-40-19-31(4)13-15-45(40)56(47(42)27-46(41)55)48-25-37(16-17-53-48)50(7,8)9;/h12-23,25-26,29H,28H2,1-11H3;/q-2;+2/t51-,52+;/m0./s1. The Labute approximate surface area is 356 Å². The molecule has 8 aromatic rings. The smallest absolute Gasteiger partial charge is 0.511 e. The predicted molar refractivity (Wildman–Crippen MR) is 236 cm³/mol. The zero-order valence-corrected chi connectivity index (χ0v) is 37.7. The number of rotatable bonds is 4. The van der Waals surface area contributed by atoms with Crippen molar-refractivity contribution < 1.29 is 25.8 Å². The van der Waals surface area contributed by atoms with Crippen molar-refractivity contribution in [2.75, 3.05) is 0 Å². The van der Waals surface area contributed by atoms with Gasteiger partial charge in [-0.3, -0.25) is 4.99 Å². The fourth-order valence-corrected chi connectivity index (χ4v) is 9.46. The van der Waals surface area contributed by atoms with Crippen LogP contribution in [-0.2, 0) is 43.2 Å². The Morgan fingerprint density at radius 3 is 2.02 bits per heavy atom. The van der Waals surface area contributed by atoms with Crippen molar-refractivity contribution in [2.45, 2.75) is 105 Å². The van der Waals surface area contributed by atoms with Gasteiger partial charge in [-0.2, -0.15) is 6.07 Å². The van der Waals surface area contributed by atoms with E-state index in [1.807, 2.05) is 6.20 Å². The van der Waals surface area contributed by atoms with Crippen LogP contribution in [-0.4, -0.2) is 25.6 Å². The molecule has 2 atom stereocenters. The van der Waals surface area contributed by atoms with Crippen molar-refractivity contribution in [2.24, 2.45) is 4.99 Å². The summed E-state index contributed by atoms with van der Waals surface area (Å²) in [5, 5.41) is 4.72. The van der Waals surface area contributed by atoms with Gasteiger partial charge in [0.25, 0.3) is 0 Å². The largest absolute Gasteiger partial charge is 2.00 e. The van der Waals surface area contributed by atoms with E-state index in [-0.39, 0.29) is 32.4 Å². The summed E-state index contributed by atoms with van der Waals surface area (Å²) in [5.74, 6) is 1.83. The topological polar surface area (TPSA) is 44.3 Å². The van der Waals surface area contributed by atoms with Crippen LogP contribution in [0.3, 0.4) is 0 Å². The van der Waals surface area contributed by atoms with E-state index in [4.69, 9.17) is 14.7 Å². The summed E-state index contributed by atoms with van der Waals surface area (Å²) in [5.41, 5.74) is 15.2. The molecule has 6 heteroatoms. The van der Waals surface area contributed by atoms with Crippen molar-refractivity contribution in [3.63, 3.8) is 0 Å². The molecule has 0 fully saturated rings. The fourth-order valence-electron chi connectivity index (χ4n) is 9.46. The maximum absolute atomic E-state index is 7.01. The predicted octanol–water partition coefficient (Wildman–Crippen LogP) is 12.5. The molecule has 0 saturated heterocycles. The minimum absolute atomic E-state index is 0. The number of pyridine rings is 1. The van der Waals surface area contributed by atoms with Gasteiger partial charge in [-0.15, -0.1) is 40.6 Å². The van der Waals surface area contributed by atoms with E-state index < -0.39 is 11.1 Å². The molecule has 10 rings (SSSR count). The monoisotopic (exact) mass is 941 g/mol. The summed E-state index contributed by atoms with van der Waals surface area (Å²) in [7, 11) is 0. The third kappa shape index (κ3) is 5.59. The minimum atomic E-state index is -0.494. The molecule has 0 bridgehead atoms. The summed E-state index contributed by atoms with van der Waals surface area (Å²) in [6, 6.07) is 37.3. The van der Waals surface area contributed by atoms with Crippen molar-refractivity contribution in [3.8, 4) is 11.5 Å². The van der Waals surface area contributed by atoms with E-state index >= 15 is 0 Å². The molecule has 1 aliphatic carbocycles. The Kier molecular flexibility index (Phi) is 8.64. The molecule has 0 radical (unpaired) electrons. The molecule has 4 heterocycles. The Balaban J connectivity index is 0.00000436. The molecule has 58 heavy (non-hydrogen) atoms. The van der Waals surface area contributed by atoms with E-state index in [9.17, 15) is 0 Å². The number of aryl methyl sites for hydroxylation is 4. The van der Waals surface area contributed by atoms with Crippen molar-refractivity contribution >= 4 is 49.5 Å². The third-order valence-electron chi connectivity index (χ3n) is 13.2. The first-order valence-corrected chi connectivity index (χ1v) is 20.4. The molecular formula is C52H50N4OPt. The van der Waals surface area contributed by atoms with Crippen LogP contribution in [0.5, 0.6) is 0 Å². The van der Waals surface area contributed by atoms with E-state index in [0.29, 0.717) is 5.90 Å². The Bertz CT molecular complexity index is 3060. The molecule has 5 nitrogen and oxygen atoms in total. The number of hydrogen-bond acceptors (Lipinski definition) is 3. The maximum Gasteiger partial charge on any atom is 2.00 e. The first-order valence-electron chi connectivity index (χ1n) is 20.4. The van der Waals surface area contributed by atoms with Crippen molar-refractivity contribution in [3.05, 3.63) is 147 Å². The molecular weight excluding hydrogens is 892 g/mol. The van der Waals surface area contributed by atoms with Gasteiger partial charge in [0.15, 0.2) is 0 Å². The number of ether oxygens (including phenoxy) is 1. The normalized spacial score (nSPS) is 18.9. The van der Waals surface area contributed by atoms with Gasteiger partial charge < -0.3 is 13.9 Å². The van der Waals surface area contributed by atoms with Crippen LogP contribution in [0.2, 0.25) is 0 Å². The number of fused-ring (bicyclic) bond motifs is 9. The van der Waals surface area contributed by atoms with Gasteiger partial charge in [-0.05, 0) is 121 Å². The van der Waals surface area contributed by atoms with Gasteiger partial charge in [0.05, 0.1) is 0 Å². The van der Waals surface area contributed by atoms with Gasteiger partial charge in [0, 0.05) is 23.7 Å². The Hall–Kier alpha value is -4.99. The van der Waals surface area contributed by atoms with Crippen LogP contribution in [0.1, 0.15) is 104 Å². The second kappa shape index (κ2) is 13.0. The number of hydrogen-bond donors (Lipinski definition) is 0. The second-order valence-electron chi connectivity index (χ2n) is 18.6. The average molecular weight is 942 g/mol. The number of benzene rings is 5. The first kappa shape index (κ1) is 38.5. The molecule has 0 unspecified atom stereocenters. The van der Waals surface area contributed by atoms with Gasteiger partial charge in [-0.25, -0.2) is 4.98 Å². The third-order valence-corrected chi connectivity index (χ3v) is 13.2. The quantitative estimate of drug-likeness (QED) is 0.165. The molecule has 1 aliphatic heterocycles. The van der Waals surface area contributed by atoms with Crippen molar-refractivity contribution in [1.29, 1.82) is 0 Å². The minimum Gasteiger partial charge on any atom is -0.511 e. The van der Waals surface area contributed by atoms with Crippen LogP contribution in [0, 0.1) is 39.8 Å². The molecule has 3 aromatic heterocycles. The number of aromatic nitrogens is 3. The van der Waals surface area contributed by atoms with Crippen LogP contribution in [0.4, 0.5) is 0 Å². The maximum atomic E-state index is 7.01. The first-order chi connectivity index (χ1) is 27.0. The molecule has 0 spiro atoms. The summed E-state index contributed by atoms with van der Waals surface area (Å²) in [4.78, 5) is 10.5.